The van der Waals surface area contributed by atoms with E-state index in [0.717, 1.165) is 11.1 Å². The van der Waals surface area contributed by atoms with Crippen molar-refractivity contribution < 1.29 is 13.9 Å². The van der Waals surface area contributed by atoms with Gasteiger partial charge in [-0.1, -0.05) is 42.5 Å². The lowest BCUT2D eigenvalue weighted by atomic mass is 10.2. The summed E-state index contributed by atoms with van der Waals surface area (Å²) in [5, 5.41) is 0. The monoisotopic (exact) mass is 313 g/mol. The maximum absolute atomic E-state index is 12.9. The van der Waals surface area contributed by atoms with Gasteiger partial charge >= 0.3 is 0 Å². The van der Waals surface area contributed by atoms with E-state index in [0.29, 0.717) is 19.7 Å². The zero-order chi connectivity index (χ0) is 16.5. The van der Waals surface area contributed by atoms with Crippen molar-refractivity contribution in [1.29, 1.82) is 0 Å². The molecular weight excluding hydrogens is 293 g/mol. The molecule has 0 bridgehead atoms. The number of ether oxygens (including phenoxy) is 1. The van der Waals surface area contributed by atoms with Crippen LogP contribution in [0.3, 0.4) is 0 Å². The third kappa shape index (κ3) is 5.68. The van der Waals surface area contributed by atoms with Crippen molar-refractivity contribution in [2.45, 2.75) is 6.54 Å². The highest BCUT2D eigenvalue weighted by atomic mass is 19.1. The molecule has 0 aromatic heterocycles. The third-order valence-electron chi connectivity index (χ3n) is 3.38. The van der Waals surface area contributed by atoms with Gasteiger partial charge in [-0.25, -0.2) is 4.39 Å². The molecule has 0 saturated carbocycles. The molecule has 3 nitrogen and oxygen atoms in total. The largest absolute Gasteiger partial charge is 0.383 e. The lowest BCUT2D eigenvalue weighted by Gasteiger charge is -2.21. The molecule has 0 spiro atoms. The molecule has 4 heteroatoms. The van der Waals surface area contributed by atoms with Crippen LogP contribution in [0.15, 0.2) is 60.7 Å². The van der Waals surface area contributed by atoms with Gasteiger partial charge in [-0.15, -0.1) is 0 Å². The summed E-state index contributed by atoms with van der Waals surface area (Å²) in [5.74, 6) is -0.394. The Bertz CT molecular complexity index is 638. The Morgan fingerprint density at radius 1 is 1.13 bits per heavy atom. The number of hydrogen-bond donors (Lipinski definition) is 0. The minimum Gasteiger partial charge on any atom is -0.383 e. The Hall–Kier alpha value is -2.46. The van der Waals surface area contributed by atoms with Gasteiger partial charge in [0.25, 0.3) is 0 Å². The second-order valence-electron chi connectivity index (χ2n) is 5.12. The highest BCUT2D eigenvalue weighted by molar-refractivity contribution is 5.91. The van der Waals surface area contributed by atoms with E-state index >= 15 is 0 Å². The van der Waals surface area contributed by atoms with Crippen LogP contribution in [0, 0.1) is 5.82 Å². The zero-order valence-electron chi connectivity index (χ0n) is 13.1. The lowest BCUT2D eigenvalue weighted by Crippen LogP contribution is -2.32. The molecule has 0 N–H and O–H groups in total. The zero-order valence-corrected chi connectivity index (χ0v) is 13.1. The van der Waals surface area contributed by atoms with Gasteiger partial charge in [-0.3, -0.25) is 4.79 Å². The first kappa shape index (κ1) is 16.9. The number of methoxy groups -OCH3 is 1. The molecule has 0 aliphatic carbocycles. The molecule has 0 heterocycles. The quantitative estimate of drug-likeness (QED) is 0.732. The number of carbonyl (C=O) groups excluding carboxylic acids is 1. The molecule has 0 unspecified atom stereocenters. The fraction of sp³-hybridized carbons (Fsp3) is 0.211. The predicted molar refractivity (Wildman–Crippen MR) is 89.2 cm³/mol. The van der Waals surface area contributed by atoms with Crippen molar-refractivity contribution >= 4 is 12.0 Å². The summed E-state index contributed by atoms with van der Waals surface area (Å²) in [5.41, 5.74) is 1.85. The number of halogens is 1. The standard InChI is InChI=1S/C19H20FNO2/c1-23-14-13-21(15-17-5-3-2-4-6-17)19(22)12-9-16-7-10-18(20)11-8-16/h2-12H,13-15H2,1H3. The van der Waals surface area contributed by atoms with Crippen LogP contribution in [0.2, 0.25) is 0 Å². The van der Waals surface area contributed by atoms with Gasteiger partial charge in [0.05, 0.1) is 6.61 Å². The van der Waals surface area contributed by atoms with E-state index in [-0.39, 0.29) is 11.7 Å². The highest BCUT2D eigenvalue weighted by Gasteiger charge is 2.10. The van der Waals surface area contributed by atoms with E-state index in [9.17, 15) is 9.18 Å². The van der Waals surface area contributed by atoms with E-state index in [4.69, 9.17) is 4.74 Å². The minimum atomic E-state index is -0.292. The number of amides is 1. The van der Waals surface area contributed by atoms with Crippen LogP contribution in [-0.2, 0) is 16.1 Å². The van der Waals surface area contributed by atoms with Crippen LogP contribution in [0.5, 0.6) is 0 Å². The molecule has 2 aromatic rings. The molecule has 0 fully saturated rings. The molecule has 1 amide bonds. The number of nitrogens with zero attached hydrogens (tertiary/aromatic N) is 1. The van der Waals surface area contributed by atoms with Crippen molar-refractivity contribution in [3.8, 4) is 0 Å². The normalized spacial score (nSPS) is 10.9. The molecule has 0 atom stereocenters. The van der Waals surface area contributed by atoms with E-state index < -0.39 is 0 Å². The van der Waals surface area contributed by atoms with E-state index in [2.05, 4.69) is 0 Å². The molecule has 2 rings (SSSR count). The molecule has 2 aromatic carbocycles. The maximum Gasteiger partial charge on any atom is 0.246 e. The molecule has 0 saturated heterocycles. The van der Waals surface area contributed by atoms with Crippen LogP contribution in [0.4, 0.5) is 4.39 Å². The molecule has 0 radical (unpaired) electrons. The van der Waals surface area contributed by atoms with Gasteiger partial charge < -0.3 is 9.64 Å². The summed E-state index contributed by atoms with van der Waals surface area (Å²) >= 11 is 0. The Labute approximate surface area is 136 Å². The Morgan fingerprint density at radius 2 is 1.83 bits per heavy atom. The summed E-state index contributed by atoms with van der Waals surface area (Å²) < 4.78 is 18.0. The van der Waals surface area contributed by atoms with Crippen LogP contribution in [0.1, 0.15) is 11.1 Å². The minimum absolute atomic E-state index is 0.102. The average molecular weight is 313 g/mol. The van der Waals surface area contributed by atoms with Gasteiger partial charge in [0.2, 0.25) is 5.91 Å². The van der Waals surface area contributed by atoms with Gasteiger partial charge in [-0.2, -0.15) is 0 Å². The Morgan fingerprint density at radius 3 is 2.48 bits per heavy atom. The van der Waals surface area contributed by atoms with Gasteiger partial charge in [0.1, 0.15) is 5.82 Å². The molecule has 0 aliphatic rings. The number of benzene rings is 2. The smallest absolute Gasteiger partial charge is 0.246 e. The molecular formula is C19H20FNO2. The molecule has 120 valence electrons. The fourth-order valence-electron chi connectivity index (χ4n) is 2.12. The fourth-order valence-corrected chi connectivity index (χ4v) is 2.12. The summed E-state index contributed by atoms with van der Waals surface area (Å²) in [6.07, 6.45) is 3.19. The van der Waals surface area contributed by atoms with Crippen LogP contribution in [0.25, 0.3) is 6.08 Å². The van der Waals surface area contributed by atoms with Crippen molar-refractivity contribution in [2.24, 2.45) is 0 Å². The lowest BCUT2D eigenvalue weighted by molar-refractivity contribution is -0.127. The average Bonchev–Trinajstić information content (AvgIpc) is 2.58. The molecule has 0 aliphatic heterocycles. The number of carbonyl (C=O) groups is 1. The summed E-state index contributed by atoms with van der Waals surface area (Å²) in [6.45, 7) is 1.51. The Balaban J connectivity index is 2.04. The van der Waals surface area contributed by atoms with Crippen molar-refractivity contribution in [3.05, 3.63) is 77.6 Å². The number of hydrogen-bond acceptors (Lipinski definition) is 2. The summed E-state index contributed by atoms with van der Waals surface area (Å²) in [4.78, 5) is 14.1. The van der Waals surface area contributed by atoms with Gasteiger partial charge in [-0.05, 0) is 29.3 Å². The van der Waals surface area contributed by atoms with Crippen molar-refractivity contribution in [3.63, 3.8) is 0 Å². The van der Waals surface area contributed by atoms with Crippen LogP contribution >= 0.6 is 0 Å². The maximum atomic E-state index is 12.9. The first-order valence-electron chi connectivity index (χ1n) is 7.44. The summed E-state index contributed by atoms with van der Waals surface area (Å²) in [7, 11) is 1.61. The van der Waals surface area contributed by atoms with Crippen molar-refractivity contribution in [2.75, 3.05) is 20.3 Å². The second kappa shape index (κ2) is 8.86. The summed E-state index contributed by atoms with van der Waals surface area (Å²) in [6, 6.07) is 15.8. The van der Waals surface area contributed by atoms with Gasteiger partial charge in [0.15, 0.2) is 0 Å². The molecule has 23 heavy (non-hydrogen) atoms. The SMILES string of the molecule is COCCN(Cc1ccccc1)C(=O)C=Cc1ccc(F)cc1. The predicted octanol–water partition coefficient (Wildman–Crippen LogP) is 3.51. The first-order chi connectivity index (χ1) is 11.2. The van der Waals surface area contributed by atoms with E-state index in [1.54, 1.807) is 30.2 Å². The van der Waals surface area contributed by atoms with E-state index in [1.165, 1.54) is 18.2 Å². The van der Waals surface area contributed by atoms with Crippen molar-refractivity contribution in [1.82, 2.24) is 4.90 Å². The first-order valence-corrected chi connectivity index (χ1v) is 7.44. The highest BCUT2D eigenvalue weighted by Crippen LogP contribution is 2.08. The van der Waals surface area contributed by atoms with Crippen LogP contribution < -0.4 is 0 Å². The van der Waals surface area contributed by atoms with Crippen LogP contribution in [-0.4, -0.2) is 31.1 Å². The van der Waals surface area contributed by atoms with Gasteiger partial charge in [0, 0.05) is 26.3 Å². The van der Waals surface area contributed by atoms with E-state index in [1.807, 2.05) is 30.3 Å². The third-order valence-corrected chi connectivity index (χ3v) is 3.38. The Kier molecular flexibility index (Phi) is 6.51. The number of rotatable bonds is 7. The second-order valence-corrected chi connectivity index (χ2v) is 5.12. The topological polar surface area (TPSA) is 29.5 Å².